The second-order valence-electron chi connectivity index (χ2n) is 9.80. The molecule has 196 valence electrons. The van der Waals surface area contributed by atoms with E-state index in [4.69, 9.17) is 4.74 Å². The summed E-state index contributed by atoms with van der Waals surface area (Å²) >= 11 is 0. The highest BCUT2D eigenvalue weighted by molar-refractivity contribution is 5.96. The normalized spacial score (nSPS) is 23.5. The first-order valence-electron chi connectivity index (χ1n) is 12.8. The lowest BCUT2D eigenvalue weighted by Gasteiger charge is -2.27. The van der Waals surface area contributed by atoms with Crippen LogP contribution in [-0.2, 0) is 19.2 Å². The molecule has 0 spiro atoms. The van der Waals surface area contributed by atoms with Gasteiger partial charge >= 0.3 is 11.9 Å². The molecule has 37 heavy (non-hydrogen) atoms. The van der Waals surface area contributed by atoms with Gasteiger partial charge in [0.25, 0.3) is 0 Å². The number of carbonyl (C=O) groups excluding carboxylic acids is 2. The molecule has 2 amide bonds. The molecule has 2 aliphatic rings. The number of rotatable bonds is 8. The molecule has 0 radical (unpaired) electrons. The quantitative estimate of drug-likeness (QED) is 0.387. The van der Waals surface area contributed by atoms with Crippen molar-refractivity contribution >= 4 is 35.1 Å². The Morgan fingerprint density at radius 3 is 1.22 bits per heavy atom. The number of nitrogens with one attached hydrogen (secondary N) is 2. The Labute approximate surface area is 215 Å². The van der Waals surface area contributed by atoms with Gasteiger partial charge in [-0.2, -0.15) is 0 Å². The lowest BCUT2D eigenvalue weighted by Crippen LogP contribution is -2.36. The van der Waals surface area contributed by atoms with Crippen molar-refractivity contribution in [3.05, 3.63) is 48.5 Å². The van der Waals surface area contributed by atoms with Gasteiger partial charge in [0.15, 0.2) is 0 Å². The lowest BCUT2D eigenvalue weighted by molar-refractivity contribution is -0.148. The molecular formula is C28H32N2O7. The van der Waals surface area contributed by atoms with E-state index in [1.807, 2.05) is 0 Å². The van der Waals surface area contributed by atoms with Crippen molar-refractivity contribution in [1.82, 2.24) is 0 Å². The predicted octanol–water partition coefficient (Wildman–Crippen LogP) is 5.14. The minimum atomic E-state index is -0.923. The summed E-state index contributed by atoms with van der Waals surface area (Å²) in [6.07, 6.45) is 5.53. The number of carboxylic acid groups (broad SMARTS) is 2. The third-order valence-corrected chi connectivity index (χ3v) is 7.32. The van der Waals surface area contributed by atoms with Gasteiger partial charge in [-0.1, -0.05) is 25.7 Å². The summed E-state index contributed by atoms with van der Waals surface area (Å²) in [5.41, 5.74) is 1.13. The van der Waals surface area contributed by atoms with E-state index in [9.17, 15) is 29.4 Å². The number of aliphatic carboxylic acids is 2. The van der Waals surface area contributed by atoms with Crippen molar-refractivity contribution in [2.45, 2.75) is 51.4 Å². The fourth-order valence-corrected chi connectivity index (χ4v) is 5.30. The van der Waals surface area contributed by atoms with Crippen LogP contribution in [0.3, 0.4) is 0 Å². The molecule has 2 aromatic rings. The third kappa shape index (κ3) is 6.67. The summed E-state index contributed by atoms with van der Waals surface area (Å²) in [5.74, 6) is -3.67. The van der Waals surface area contributed by atoms with Crippen LogP contribution in [0.1, 0.15) is 51.4 Å². The molecule has 4 rings (SSSR count). The molecule has 2 aliphatic carbocycles. The van der Waals surface area contributed by atoms with Gasteiger partial charge in [0, 0.05) is 11.4 Å². The monoisotopic (exact) mass is 508 g/mol. The van der Waals surface area contributed by atoms with E-state index in [0.717, 1.165) is 25.7 Å². The smallest absolute Gasteiger partial charge is 0.307 e. The summed E-state index contributed by atoms with van der Waals surface area (Å²) in [5, 5.41) is 24.5. The van der Waals surface area contributed by atoms with Crippen molar-refractivity contribution in [2.24, 2.45) is 23.7 Å². The first kappa shape index (κ1) is 26.2. The van der Waals surface area contributed by atoms with Crippen molar-refractivity contribution in [3.63, 3.8) is 0 Å². The van der Waals surface area contributed by atoms with E-state index < -0.39 is 35.6 Å². The summed E-state index contributed by atoms with van der Waals surface area (Å²) < 4.78 is 5.85. The molecule has 0 heterocycles. The lowest BCUT2D eigenvalue weighted by atomic mass is 9.78. The summed E-state index contributed by atoms with van der Waals surface area (Å²) in [6.45, 7) is 0. The predicted molar refractivity (Wildman–Crippen MR) is 136 cm³/mol. The van der Waals surface area contributed by atoms with Crippen molar-refractivity contribution in [3.8, 4) is 11.5 Å². The van der Waals surface area contributed by atoms with Gasteiger partial charge in [0.1, 0.15) is 11.5 Å². The van der Waals surface area contributed by atoms with Gasteiger partial charge < -0.3 is 25.6 Å². The Balaban J connectivity index is 1.31. The first-order chi connectivity index (χ1) is 17.8. The second-order valence-corrected chi connectivity index (χ2v) is 9.80. The molecule has 4 atom stereocenters. The van der Waals surface area contributed by atoms with Gasteiger partial charge in [0.2, 0.25) is 11.8 Å². The Bertz CT molecular complexity index is 1040. The summed E-state index contributed by atoms with van der Waals surface area (Å²) in [7, 11) is 0. The number of carboxylic acids is 2. The highest BCUT2D eigenvalue weighted by Crippen LogP contribution is 2.33. The molecule has 2 saturated carbocycles. The Morgan fingerprint density at radius 2 is 0.892 bits per heavy atom. The highest BCUT2D eigenvalue weighted by Gasteiger charge is 2.36. The van der Waals surface area contributed by atoms with Crippen LogP contribution in [-0.4, -0.2) is 34.0 Å². The zero-order valence-electron chi connectivity index (χ0n) is 20.5. The minimum Gasteiger partial charge on any atom is -0.481 e. The standard InChI is InChI=1S/C28H32N2O7/c31-25(21-5-1-3-7-23(21)27(33)34)29-17-9-13-19(14-10-17)37-20-15-11-18(12-16-20)30-26(32)22-6-2-4-8-24(22)28(35)36/h9-16,21-24H,1-8H2,(H,29,31)(H,30,32)(H,33,34)(H,35,36)/t21-,22-,23-,24-/m1/s1. The number of ether oxygens (including phenoxy) is 1. The molecular weight excluding hydrogens is 476 g/mol. The van der Waals surface area contributed by atoms with Crippen LogP contribution < -0.4 is 15.4 Å². The van der Waals surface area contributed by atoms with E-state index >= 15 is 0 Å². The number of benzene rings is 2. The topological polar surface area (TPSA) is 142 Å². The maximum atomic E-state index is 12.7. The average molecular weight is 509 g/mol. The zero-order chi connectivity index (χ0) is 26.4. The van der Waals surface area contributed by atoms with E-state index in [2.05, 4.69) is 10.6 Å². The number of amides is 2. The summed E-state index contributed by atoms with van der Waals surface area (Å²) in [4.78, 5) is 48.3. The highest BCUT2D eigenvalue weighted by atomic mass is 16.5. The molecule has 2 aromatic carbocycles. The summed E-state index contributed by atoms with van der Waals surface area (Å²) in [6, 6.07) is 13.6. The maximum absolute atomic E-state index is 12.7. The van der Waals surface area contributed by atoms with Crippen LogP contribution in [0.2, 0.25) is 0 Å². The van der Waals surface area contributed by atoms with Crippen LogP contribution in [0, 0.1) is 23.7 Å². The van der Waals surface area contributed by atoms with Crippen molar-refractivity contribution in [1.29, 1.82) is 0 Å². The molecule has 0 unspecified atom stereocenters. The average Bonchev–Trinajstić information content (AvgIpc) is 2.90. The van der Waals surface area contributed by atoms with Gasteiger partial charge in [0.05, 0.1) is 23.7 Å². The second kappa shape index (κ2) is 11.9. The van der Waals surface area contributed by atoms with Crippen LogP contribution in [0.4, 0.5) is 11.4 Å². The van der Waals surface area contributed by atoms with Gasteiger partial charge in [-0.25, -0.2) is 0 Å². The van der Waals surface area contributed by atoms with Gasteiger partial charge in [-0.3, -0.25) is 19.2 Å². The first-order valence-corrected chi connectivity index (χ1v) is 12.8. The zero-order valence-corrected chi connectivity index (χ0v) is 20.5. The molecule has 0 bridgehead atoms. The van der Waals surface area contributed by atoms with Crippen LogP contribution in [0.25, 0.3) is 0 Å². The molecule has 9 heteroatoms. The van der Waals surface area contributed by atoms with E-state index in [-0.39, 0.29) is 11.8 Å². The number of carbonyl (C=O) groups is 4. The van der Waals surface area contributed by atoms with E-state index in [1.54, 1.807) is 48.5 Å². The SMILES string of the molecule is O=C(O)[C@@H]1CCCC[C@H]1C(=O)Nc1ccc(Oc2ccc(NC(=O)[C@@H]3CCCC[C@H]3C(=O)O)cc2)cc1. The molecule has 4 N–H and O–H groups in total. The van der Waals surface area contributed by atoms with Crippen LogP contribution >= 0.6 is 0 Å². The molecule has 9 nitrogen and oxygen atoms in total. The van der Waals surface area contributed by atoms with Crippen molar-refractivity contribution < 1.29 is 34.1 Å². The maximum Gasteiger partial charge on any atom is 0.307 e. The minimum absolute atomic E-state index is 0.277. The van der Waals surface area contributed by atoms with E-state index in [1.165, 1.54) is 0 Å². The molecule has 0 saturated heterocycles. The Kier molecular flexibility index (Phi) is 8.43. The van der Waals surface area contributed by atoms with Crippen LogP contribution in [0.5, 0.6) is 11.5 Å². The van der Waals surface area contributed by atoms with Crippen LogP contribution in [0.15, 0.2) is 48.5 Å². The Hall–Kier alpha value is -3.88. The fraction of sp³-hybridized carbons (Fsp3) is 0.429. The van der Waals surface area contributed by atoms with Crippen molar-refractivity contribution in [2.75, 3.05) is 10.6 Å². The van der Waals surface area contributed by atoms with E-state index in [0.29, 0.717) is 48.6 Å². The third-order valence-electron chi connectivity index (χ3n) is 7.32. The number of hydrogen-bond donors (Lipinski definition) is 4. The molecule has 0 aliphatic heterocycles. The van der Waals surface area contributed by atoms with Gasteiger partial charge in [-0.05, 0) is 74.2 Å². The largest absolute Gasteiger partial charge is 0.481 e. The molecule has 0 aromatic heterocycles. The fourth-order valence-electron chi connectivity index (χ4n) is 5.30. The Morgan fingerprint density at radius 1 is 0.568 bits per heavy atom. The number of anilines is 2. The number of hydrogen-bond acceptors (Lipinski definition) is 5. The molecule has 2 fully saturated rings. The van der Waals surface area contributed by atoms with Gasteiger partial charge in [-0.15, -0.1) is 0 Å².